The number of nitrogens with two attached hydrogens (primary N) is 1. The number of ether oxygens (including phenoxy) is 1. The Balaban J connectivity index is 2.53. The van der Waals surface area contributed by atoms with Gasteiger partial charge in [-0.25, -0.2) is 9.18 Å². The molecule has 5 nitrogen and oxygen atoms in total. The van der Waals surface area contributed by atoms with Crippen LogP contribution in [0.3, 0.4) is 0 Å². The molecule has 0 atom stereocenters. The molecule has 0 saturated carbocycles. The minimum atomic E-state index is -1.19. The number of hydrogen-bond donors (Lipinski definition) is 2. The van der Waals surface area contributed by atoms with E-state index >= 15 is 0 Å². The molecule has 0 bridgehead atoms. The number of carboxylic acids is 1. The standard InChI is InChI=1S/C15H12FNO4/c1-8-5-6-9(15(19)20)12(7-8)21-11-4-2-3-10(16)13(11)14(17)18/h2-7H,1H3,(H2,17,18)(H,19,20). The summed E-state index contributed by atoms with van der Waals surface area (Å²) in [5.41, 5.74) is 5.36. The Hall–Kier alpha value is -2.89. The highest BCUT2D eigenvalue weighted by Crippen LogP contribution is 2.30. The molecule has 0 fully saturated rings. The maximum absolute atomic E-state index is 13.6. The quantitative estimate of drug-likeness (QED) is 0.905. The topological polar surface area (TPSA) is 89.6 Å². The van der Waals surface area contributed by atoms with Crippen molar-refractivity contribution in [2.75, 3.05) is 0 Å². The highest BCUT2D eigenvalue weighted by atomic mass is 19.1. The Morgan fingerprint density at radius 1 is 1.19 bits per heavy atom. The van der Waals surface area contributed by atoms with Gasteiger partial charge in [-0.3, -0.25) is 4.79 Å². The van der Waals surface area contributed by atoms with Crippen molar-refractivity contribution in [3.63, 3.8) is 0 Å². The number of primary amides is 1. The average Bonchev–Trinajstić information content (AvgIpc) is 2.37. The third kappa shape index (κ3) is 3.00. The molecule has 0 heterocycles. The normalized spacial score (nSPS) is 10.2. The Bertz CT molecular complexity index is 728. The highest BCUT2D eigenvalue weighted by Gasteiger charge is 2.18. The van der Waals surface area contributed by atoms with Crippen LogP contribution in [0.5, 0.6) is 11.5 Å². The average molecular weight is 289 g/mol. The van der Waals surface area contributed by atoms with Gasteiger partial charge in [-0.1, -0.05) is 12.1 Å². The molecule has 6 heteroatoms. The van der Waals surface area contributed by atoms with E-state index in [1.54, 1.807) is 13.0 Å². The number of benzene rings is 2. The van der Waals surface area contributed by atoms with Gasteiger partial charge in [-0.2, -0.15) is 0 Å². The van der Waals surface area contributed by atoms with E-state index in [2.05, 4.69) is 0 Å². The molecule has 0 radical (unpaired) electrons. The van der Waals surface area contributed by atoms with E-state index in [1.165, 1.54) is 24.3 Å². The van der Waals surface area contributed by atoms with E-state index in [4.69, 9.17) is 15.6 Å². The van der Waals surface area contributed by atoms with Crippen molar-refractivity contribution in [2.24, 2.45) is 5.73 Å². The summed E-state index contributed by atoms with van der Waals surface area (Å²) in [5, 5.41) is 9.12. The lowest BCUT2D eigenvalue weighted by Gasteiger charge is -2.12. The third-order valence-electron chi connectivity index (χ3n) is 2.81. The fourth-order valence-electron chi connectivity index (χ4n) is 1.84. The number of amides is 1. The summed E-state index contributed by atoms with van der Waals surface area (Å²) >= 11 is 0. The van der Waals surface area contributed by atoms with Crippen molar-refractivity contribution in [1.29, 1.82) is 0 Å². The number of aromatic carboxylic acids is 1. The van der Waals surface area contributed by atoms with E-state index in [1.807, 2.05) is 0 Å². The minimum absolute atomic E-state index is 0.00981. The van der Waals surface area contributed by atoms with Gasteiger partial charge in [0, 0.05) is 0 Å². The molecule has 0 saturated heterocycles. The van der Waals surface area contributed by atoms with Crippen LogP contribution in [0.15, 0.2) is 36.4 Å². The molecule has 0 aromatic heterocycles. The summed E-state index contributed by atoms with van der Waals surface area (Å²) in [4.78, 5) is 22.5. The summed E-state index contributed by atoms with van der Waals surface area (Å²) < 4.78 is 19.0. The molecule has 0 aliphatic carbocycles. The molecule has 3 N–H and O–H groups in total. The van der Waals surface area contributed by atoms with Gasteiger partial charge in [0.1, 0.15) is 28.4 Å². The summed E-state index contributed by atoms with van der Waals surface area (Å²) in [6, 6.07) is 8.22. The first kappa shape index (κ1) is 14.5. The Kier molecular flexibility index (Phi) is 3.89. The number of halogens is 1. The molecular weight excluding hydrogens is 277 g/mol. The first-order valence-corrected chi connectivity index (χ1v) is 6.00. The van der Waals surface area contributed by atoms with Crippen LogP contribution in [-0.4, -0.2) is 17.0 Å². The number of carbonyl (C=O) groups excluding carboxylic acids is 1. The van der Waals surface area contributed by atoms with E-state index in [0.29, 0.717) is 0 Å². The van der Waals surface area contributed by atoms with Crippen LogP contribution >= 0.6 is 0 Å². The summed E-state index contributed by atoms with van der Waals surface area (Å²) in [7, 11) is 0. The molecule has 1 amide bonds. The van der Waals surface area contributed by atoms with E-state index in [-0.39, 0.29) is 17.1 Å². The van der Waals surface area contributed by atoms with Crippen molar-refractivity contribution >= 4 is 11.9 Å². The van der Waals surface area contributed by atoms with Crippen LogP contribution in [0.25, 0.3) is 0 Å². The van der Waals surface area contributed by atoms with Gasteiger partial charge in [0.2, 0.25) is 0 Å². The van der Waals surface area contributed by atoms with Crippen molar-refractivity contribution in [2.45, 2.75) is 6.92 Å². The number of carboxylic acid groups (broad SMARTS) is 1. The first-order chi connectivity index (χ1) is 9.90. The van der Waals surface area contributed by atoms with Crippen LogP contribution in [0, 0.1) is 12.7 Å². The van der Waals surface area contributed by atoms with Gasteiger partial charge in [0.25, 0.3) is 5.91 Å². The van der Waals surface area contributed by atoms with Crippen molar-refractivity contribution in [3.8, 4) is 11.5 Å². The zero-order valence-electron chi connectivity index (χ0n) is 11.1. The Labute approximate surface area is 119 Å². The molecule has 2 rings (SSSR count). The molecular formula is C15H12FNO4. The van der Waals surface area contributed by atoms with Crippen molar-refractivity contribution in [1.82, 2.24) is 0 Å². The molecule has 0 aliphatic heterocycles. The van der Waals surface area contributed by atoms with Gasteiger partial charge >= 0.3 is 5.97 Å². The zero-order chi connectivity index (χ0) is 15.6. The van der Waals surface area contributed by atoms with Crippen LogP contribution in [0.2, 0.25) is 0 Å². The second kappa shape index (κ2) is 5.62. The van der Waals surface area contributed by atoms with Gasteiger partial charge < -0.3 is 15.6 Å². The van der Waals surface area contributed by atoms with Gasteiger partial charge in [0.05, 0.1) is 0 Å². The molecule has 21 heavy (non-hydrogen) atoms. The third-order valence-corrected chi connectivity index (χ3v) is 2.81. The van der Waals surface area contributed by atoms with Crippen LogP contribution in [0.1, 0.15) is 26.3 Å². The number of aryl methyl sites for hydroxylation is 1. The van der Waals surface area contributed by atoms with Gasteiger partial charge in [0.15, 0.2) is 0 Å². The maximum atomic E-state index is 13.6. The van der Waals surface area contributed by atoms with Crippen LogP contribution in [-0.2, 0) is 0 Å². The maximum Gasteiger partial charge on any atom is 0.339 e. The summed E-state index contributed by atoms with van der Waals surface area (Å²) in [6.45, 7) is 1.75. The molecule has 0 unspecified atom stereocenters. The molecule has 0 aliphatic rings. The number of hydrogen-bond acceptors (Lipinski definition) is 3. The largest absolute Gasteiger partial charge is 0.478 e. The smallest absolute Gasteiger partial charge is 0.339 e. The lowest BCUT2D eigenvalue weighted by atomic mass is 10.1. The predicted molar refractivity (Wildman–Crippen MR) is 73.1 cm³/mol. The van der Waals surface area contributed by atoms with Crippen molar-refractivity contribution < 1.29 is 23.8 Å². The monoisotopic (exact) mass is 289 g/mol. The van der Waals surface area contributed by atoms with Crippen molar-refractivity contribution in [3.05, 3.63) is 58.9 Å². The number of rotatable bonds is 4. The van der Waals surface area contributed by atoms with Crippen LogP contribution in [0.4, 0.5) is 4.39 Å². The Morgan fingerprint density at radius 2 is 1.90 bits per heavy atom. The lowest BCUT2D eigenvalue weighted by molar-refractivity contribution is 0.0694. The second-order valence-corrected chi connectivity index (χ2v) is 4.38. The van der Waals surface area contributed by atoms with Crippen LogP contribution < -0.4 is 10.5 Å². The number of carbonyl (C=O) groups is 2. The molecule has 0 spiro atoms. The fourth-order valence-corrected chi connectivity index (χ4v) is 1.84. The van der Waals surface area contributed by atoms with Gasteiger partial charge in [-0.15, -0.1) is 0 Å². The minimum Gasteiger partial charge on any atom is -0.478 e. The highest BCUT2D eigenvalue weighted by molar-refractivity contribution is 5.96. The first-order valence-electron chi connectivity index (χ1n) is 6.00. The second-order valence-electron chi connectivity index (χ2n) is 4.38. The van der Waals surface area contributed by atoms with E-state index in [9.17, 15) is 14.0 Å². The molecule has 2 aromatic rings. The molecule has 108 valence electrons. The lowest BCUT2D eigenvalue weighted by Crippen LogP contribution is -2.14. The summed E-state index contributed by atoms with van der Waals surface area (Å²) in [6.07, 6.45) is 0. The van der Waals surface area contributed by atoms with E-state index < -0.39 is 23.3 Å². The fraction of sp³-hybridized carbons (Fsp3) is 0.0667. The Morgan fingerprint density at radius 3 is 2.52 bits per heavy atom. The SMILES string of the molecule is Cc1ccc(C(=O)O)c(Oc2cccc(F)c2C(N)=O)c1. The molecule has 2 aromatic carbocycles. The summed E-state index contributed by atoms with van der Waals surface area (Å²) in [5.74, 6) is -3.13. The van der Waals surface area contributed by atoms with E-state index in [0.717, 1.165) is 11.6 Å². The predicted octanol–water partition coefficient (Wildman–Crippen LogP) is 2.72. The zero-order valence-corrected chi connectivity index (χ0v) is 11.1. The van der Waals surface area contributed by atoms with Gasteiger partial charge in [-0.05, 0) is 36.8 Å².